The van der Waals surface area contributed by atoms with E-state index in [1.807, 2.05) is 41.2 Å². The summed E-state index contributed by atoms with van der Waals surface area (Å²) in [5, 5.41) is 20.4. The number of aromatic nitrogens is 5. The Bertz CT molecular complexity index is 2040. The van der Waals surface area contributed by atoms with E-state index in [1.54, 1.807) is 0 Å². The number of anilines is 2. The Balaban J connectivity index is 0.972. The fourth-order valence-corrected chi connectivity index (χ4v) is 8.17. The number of amides is 2. The molecule has 2 N–H and O–H groups in total. The second-order valence-electron chi connectivity index (χ2n) is 16.2. The monoisotopic (exact) mass is 715 g/mol. The molecular weight excluding hydrogens is 663 g/mol. The third-order valence-corrected chi connectivity index (χ3v) is 11.2. The standard InChI is InChI=1S/C42H53N9O2/c1-29-12-8-11-25-49(29)41-46-45-38-22-19-32(28-50(38)41)53-36-21-20-35(33-13-6-7-14-34(33)36)43-40(52)44-39-26-37(42(2,3)4)47-51(39)31-17-15-30(16-18-31)27-48-23-9-5-10-24-48/h6-7,13-19,22,26,28-29,35-36H,5,8-12,20-21,23-25,27H2,1-4H3,(H2,43,44,52). The van der Waals surface area contributed by atoms with Crippen molar-refractivity contribution >= 4 is 23.4 Å². The van der Waals surface area contributed by atoms with Gasteiger partial charge in [-0.2, -0.15) is 5.10 Å². The maximum absolute atomic E-state index is 13.7. The molecule has 0 saturated carbocycles. The van der Waals surface area contributed by atoms with Gasteiger partial charge in [0.15, 0.2) is 5.65 Å². The zero-order valence-corrected chi connectivity index (χ0v) is 31.6. The molecule has 0 spiro atoms. The molecule has 2 aliphatic heterocycles. The summed E-state index contributed by atoms with van der Waals surface area (Å²) in [6.07, 6.45) is 10.8. The van der Waals surface area contributed by atoms with Crippen LogP contribution in [-0.2, 0) is 12.0 Å². The summed E-state index contributed by atoms with van der Waals surface area (Å²) in [6, 6.07) is 22.8. The highest BCUT2D eigenvalue weighted by Gasteiger charge is 2.31. The number of benzene rings is 2. The first-order valence-electron chi connectivity index (χ1n) is 19.6. The molecule has 5 heterocycles. The van der Waals surface area contributed by atoms with Crippen molar-refractivity contribution in [2.24, 2.45) is 0 Å². The number of pyridine rings is 1. The van der Waals surface area contributed by atoms with E-state index in [-0.39, 0.29) is 23.6 Å². The Hall–Kier alpha value is -4.90. The molecule has 5 aromatic rings. The lowest BCUT2D eigenvalue weighted by molar-refractivity contribution is 0.171. The average molecular weight is 716 g/mol. The number of likely N-dealkylation sites (tertiary alicyclic amines) is 1. The zero-order valence-electron chi connectivity index (χ0n) is 31.6. The number of ether oxygens (including phenoxy) is 1. The highest BCUT2D eigenvalue weighted by molar-refractivity contribution is 5.89. The number of rotatable bonds is 8. The average Bonchev–Trinajstić information content (AvgIpc) is 3.78. The number of hydrogen-bond acceptors (Lipinski definition) is 7. The molecule has 3 aliphatic rings. The number of nitrogens with one attached hydrogen (secondary N) is 2. The van der Waals surface area contributed by atoms with Crippen LogP contribution in [0.25, 0.3) is 11.3 Å². The quantitative estimate of drug-likeness (QED) is 0.166. The number of hydrogen-bond donors (Lipinski definition) is 2. The first-order valence-corrected chi connectivity index (χ1v) is 19.6. The molecular formula is C42H53N9O2. The minimum atomic E-state index is -0.259. The topological polar surface area (TPSA) is 105 Å². The molecule has 8 rings (SSSR count). The maximum atomic E-state index is 13.7. The van der Waals surface area contributed by atoms with Crippen LogP contribution in [0.2, 0.25) is 0 Å². The summed E-state index contributed by atoms with van der Waals surface area (Å²) in [5.41, 5.74) is 5.91. The van der Waals surface area contributed by atoms with Gasteiger partial charge in [-0.15, -0.1) is 10.2 Å². The fourth-order valence-electron chi connectivity index (χ4n) is 8.17. The van der Waals surface area contributed by atoms with Crippen LogP contribution in [-0.4, -0.2) is 61.0 Å². The smallest absolute Gasteiger partial charge is 0.320 e. The molecule has 278 valence electrons. The van der Waals surface area contributed by atoms with Gasteiger partial charge in [0, 0.05) is 30.6 Å². The molecule has 2 saturated heterocycles. The van der Waals surface area contributed by atoms with E-state index in [1.165, 1.54) is 31.2 Å². The van der Waals surface area contributed by atoms with Crippen LogP contribution < -0.4 is 20.3 Å². The highest BCUT2D eigenvalue weighted by atomic mass is 16.5. The van der Waals surface area contributed by atoms with E-state index in [2.05, 4.69) is 99.1 Å². The number of carbonyl (C=O) groups excluding carboxylic acids is 1. The van der Waals surface area contributed by atoms with E-state index < -0.39 is 0 Å². The van der Waals surface area contributed by atoms with Gasteiger partial charge in [0.1, 0.15) is 17.7 Å². The van der Waals surface area contributed by atoms with Crippen molar-refractivity contribution < 1.29 is 9.53 Å². The van der Waals surface area contributed by atoms with Gasteiger partial charge in [0.2, 0.25) is 5.95 Å². The minimum absolute atomic E-state index is 0.146. The molecule has 0 radical (unpaired) electrons. The number of carbonyl (C=O) groups is 1. The molecule has 2 fully saturated rings. The summed E-state index contributed by atoms with van der Waals surface area (Å²) in [4.78, 5) is 18.6. The third kappa shape index (κ3) is 7.62. The van der Waals surface area contributed by atoms with Crippen molar-refractivity contribution in [3.05, 3.63) is 95.3 Å². The number of urea groups is 1. The van der Waals surface area contributed by atoms with Crippen molar-refractivity contribution in [1.82, 2.24) is 34.6 Å². The molecule has 53 heavy (non-hydrogen) atoms. The van der Waals surface area contributed by atoms with Crippen molar-refractivity contribution in [1.29, 1.82) is 0 Å². The lowest BCUT2D eigenvalue weighted by Gasteiger charge is -2.33. The van der Waals surface area contributed by atoms with Gasteiger partial charge in [0.25, 0.3) is 0 Å². The maximum Gasteiger partial charge on any atom is 0.320 e. The second-order valence-corrected chi connectivity index (χ2v) is 16.2. The number of fused-ring (bicyclic) bond motifs is 2. The molecule has 2 aromatic carbocycles. The minimum Gasteiger partial charge on any atom is -0.484 e. The van der Waals surface area contributed by atoms with E-state index >= 15 is 0 Å². The highest BCUT2D eigenvalue weighted by Crippen LogP contribution is 2.39. The van der Waals surface area contributed by atoms with Gasteiger partial charge in [0.05, 0.1) is 23.6 Å². The van der Waals surface area contributed by atoms with Gasteiger partial charge in [-0.25, -0.2) is 9.48 Å². The molecule has 0 bridgehead atoms. The molecule has 3 aromatic heterocycles. The molecule has 11 nitrogen and oxygen atoms in total. The van der Waals surface area contributed by atoms with Crippen LogP contribution in [0.4, 0.5) is 16.6 Å². The van der Waals surface area contributed by atoms with Crippen LogP contribution in [0.15, 0.2) is 72.9 Å². The Labute approximate surface area is 312 Å². The van der Waals surface area contributed by atoms with Crippen molar-refractivity contribution in [2.75, 3.05) is 29.9 Å². The number of piperidine rings is 2. The predicted octanol–water partition coefficient (Wildman–Crippen LogP) is 8.35. The van der Waals surface area contributed by atoms with Crippen LogP contribution in [0, 0.1) is 0 Å². The van der Waals surface area contributed by atoms with Gasteiger partial charge in [-0.05, 0) is 106 Å². The van der Waals surface area contributed by atoms with Gasteiger partial charge in [-0.1, -0.05) is 63.6 Å². The van der Waals surface area contributed by atoms with Gasteiger partial charge in [-0.3, -0.25) is 14.6 Å². The fraction of sp³-hybridized carbons (Fsp3) is 0.476. The SMILES string of the molecule is CC1CCCCN1c1nnc2ccc(OC3CCC(NC(=O)Nc4cc(C(C)(C)C)nn4-c4ccc(CN5CCCCC5)cc4)c4ccccc43)cn12. The van der Waals surface area contributed by atoms with E-state index in [0.29, 0.717) is 11.9 Å². The lowest BCUT2D eigenvalue weighted by Crippen LogP contribution is -2.38. The summed E-state index contributed by atoms with van der Waals surface area (Å²) in [5.74, 6) is 2.29. The van der Waals surface area contributed by atoms with E-state index in [4.69, 9.17) is 9.84 Å². The predicted molar refractivity (Wildman–Crippen MR) is 209 cm³/mol. The van der Waals surface area contributed by atoms with Crippen LogP contribution in [0.3, 0.4) is 0 Å². The van der Waals surface area contributed by atoms with Crippen molar-refractivity contribution in [3.63, 3.8) is 0 Å². The van der Waals surface area contributed by atoms with Crippen LogP contribution in [0.1, 0.15) is 114 Å². The van der Waals surface area contributed by atoms with Crippen LogP contribution >= 0.6 is 0 Å². The summed E-state index contributed by atoms with van der Waals surface area (Å²) in [6.45, 7) is 13.0. The number of nitrogens with zero attached hydrogens (tertiary/aromatic N) is 7. The Morgan fingerprint density at radius 1 is 0.868 bits per heavy atom. The molecule has 3 unspecified atom stereocenters. The van der Waals surface area contributed by atoms with Gasteiger partial charge >= 0.3 is 6.03 Å². The van der Waals surface area contributed by atoms with E-state index in [0.717, 1.165) is 91.7 Å². The normalized spacial score (nSPS) is 21.0. The third-order valence-electron chi connectivity index (χ3n) is 11.2. The first kappa shape index (κ1) is 35.1. The Morgan fingerprint density at radius 2 is 1.64 bits per heavy atom. The Kier molecular flexibility index (Phi) is 9.85. The first-order chi connectivity index (χ1) is 25.7. The van der Waals surface area contributed by atoms with E-state index in [9.17, 15) is 4.79 Å². The summed E-state index contributed by atoms with van der Waals surface area (Å²) >= 11 is 0. The van der Waals surface area contributed by atoms with Crippen molar-refractivity contribution in [2.45, 2.75) is 109 Å². The summed E-state index contributed by atoms with van der Waals surface area (Å²) in [7, 11) is 0. The zero-order chi connectivity index (χ0) is 36.5. The molecule has 3 atom stereocenters. The largest absolute Gasteiger partial charge is 0.484 e. The molecule has 1 aliphatic carbocycles. The molecule has 11 heteroatoms. The molecule has 2 amide bonds. The summed E-state index contributed by atoms with van der Waals surface area (Å²) < 4.78 is 10.6. The van der Waals surface area contributed by atoms with Crippen LogP contribution in [0.5, 0.6) is 5.75 Å². The second kappa shape index (κ2) is 14.9. The van der Waals surface area contributed by atoms with Gasteiger partial charge < -0.3 is 15.0 Å². The van der Waals surface area contributed by atoms with Crippen molar-refractivity contribution in [3.8, 4) is 11.4 Å². The lowest BCUT2D eigenvalue weighted by atomic mass is 9.85. The Morgan fingerprint density at radius 3 is 2.42 bits per heavy atom.